The van der Waals surface area contributed by atoms with Crippen LogP contribution in [-0.4, -0.2) is 29.6 Å². The highest BCUT2D eigenvalue weighted by atomic mass is 35.5. The predicted molar refractivity (Wildman–Crippen MR) is 81.0 cm³/mol. The summed E-state index contributed by atoms with van der Waals surface area (Å²) in [6.45, 7) is 4.82. The number of hydrogen-bond acceptors (Lipinski definition) is 3. The highest BCUT2D eigenvalue weighted by molar-refractivity contribution is 6.34. The molecule has 0 aliphatic carbocycles. The van der Waals surface area contributed by atoms with Crippen LogP contribution in [0.3, 0.4) is 0 Å². The largest absolute Gasteiger partial charge is 0.482 e. The SMILES string of the molecule is CC(C)(C)[C@@H](NC(=O)COc1cc(Cl)ccc1Cl)C(=O)O. The average molecular weight is 334 g/mol. The lowest BCUT2D eigenvalue weighted by molar-refractivity contribution is -0.145. The highest BCUT2D eigenvalue weighted by Crippen LogP contribution is 2.27. The Morgan fingerprint density at radius 2 is 1.95 bits per heavy atom. The van der Waals surface area contributed by atoms with Crippen molar-refractivity contribution < 1.29 is 19.4 Å². The van der Waals surface area contributed by atoms with E-state index in [4.69, 9.17) is 33.0 Å². The van der Waals surface area contributed by atoms with Gasteiger partial charge in [-0.15, -0.1) is 0 Å². The van der Waals surface area contributed by atoms with Crippen molar-refractivity contribution in [3.05, 3.63) is 28.2 Å². The Hall–Kier alpha value is -1.46. The summed E-state index contributed by atoms with van der Waals surface area (Å²) < 4.78 is 5.25. The number of aliphatic carboxylic acids is 1. The molecule has 1 amide bonds. The molecule has 0 unspecified atom stereocenters. The molecule has 0 spiro atoms. The van der Waals surface area contributed by atoms with Crippen molar-refractivity contribution in [2.45, 2.75) is 26.8 Å². The molecule has 0 fully saturated rings. The fourth-order valence-electron chi connectivity index (χ4n) is 1.58. The fraction of sp³-hybridized carbons (Fsp3) is 0.429. The molecular weight excluding hydrogens is 317 g/mol. The molecule has 0 aliphatic rings. The second-order valence-corrected chi connectivity index (χ2v) is 6.41. The van der Waals surface area contributed by atoms with Crippen molar-refractivity contribution in [2.24, 2.45) is 5.41 Å². The van der Waals surface area contributed by atoms with E-state index in [1.165, 1.54) is 6.07 Å². The van der Waals surface area contributed by atoms with Gasteiger partial charge in [-0.25, -0.2) is 4.79 Å². The van der Waals surface area contributed by atoms with Gasteiger partial charge in [-0.1, -0.05) is 44.0 Å². The van der Waals surface area contributed by atoms with Crippen molar-refractivity contribution >= 4 is 35.1 Å². The molecule has 0 saturated heterocycles. The van der Waals surface area contributed by atoms with Crippen molar-refractivity contribution in [2.75, 3.05) is 6.61 Å². The summed E-state index contributed by atoms with van der Waals surface area (Å²) in [5.74, 6) is -1.38. The third-order valence-electron chi connectivity index (χ3n) is 2.67. The summed E-state index contributed by atoms with van der Waals surface area (Å²) in [6, 6.07) is 3.61. The molecule has 5 nitrogen and oxygen atoms in total. The Morgan fingerprint density at radius 1 is 1.33 bits per heavy atom. The number of hydrogen-bond donors (Lipinski definition) is 2. The minimum atomic E-state index is -1.10. The maximum absolute atomic E-state index is 11.8. The highest BCUT2D eigenvalue weighted by Gasteiger charge is 2.32. The summed E-state index contributed by atoms with van der Waals surface area (Å²) in [5.41, 5.74) is -0.616. The topological polar surface area (TPSA) is 75.6 Å². The van der Waals surface area contributed by atoms with Gasteiger partial charge in [0.2, 0.25) is 0 Å². The number of rotatable bonds is 5. The van der Waals surface area contributed by atoms with E-state index < -0.39 is 23.3 Å². The Labute approximate surface area is 133 Å². The number of ether oxygens (including phenoxy) is 1. The summed E-state index contributed by atoms with van der Waals surface area (Å²) in [4.78, 5) is 23.0. The van der Waals surface area contributed by atoms with Gasteiger partial charge in [0.15, 0.2) is 6.61 Å². The van der Waals surface area contributed by atoms with Crippen LogP contribution in [0.25, 0.3) is 0 Å². The van der Waals surface area contributed by atoms with E-state index in [9.17, 15) is 9.59 Å². The molecule has 0 aliphatic heterocycles. The van der Waals surface area contributed by atoms with Crippen LogP contribution in [0, 0.1) is 5.41 Å². The number of carboxylic acid groups (broad SMARTS) is 1. The summed E-state index contributed by atoms with van der Waals surface area (Å²) in [6.07, 6.45) is 0. The van der Waals surface area contributed by atoms with Crippen molar-refractivity contribution in [1.82, 2.24) is 5.32 Å². The van der Waals surface area contributed by atoms with Crippen LogP contribution < -0.4 is 10.1 Å². The van der Waals surface area contributed by atoms with Gasteiger partial charge in [-0.05, 0) is 17.5 Å². The predicted octanol–water partition coefficient (Wildman–Crippen LogP) is 2.99. The van der Waals surface area contributed by atoms with Gasteiger partial charge < -0.3 is 15.2 Å². The molecule has 0 heterocycles. The number of carbonyl (C=O) groups is 2. The molecule has 0 aromatic heterocycles. The smallest absolute Gasteiger partial charge is 0.326 e. The number of halogens is 2. The molecule has 2 N–H and O–H groups in total. The van der Waals surface area contributed by atoms with E-state index in [1.54, 1.807) is 32.9 Å². The lowest BCUT2D eigenvalue weighted by atomic mass is 9.87. The van der Waals surface area contributed by atoms with Crippen LogP contribution in [0.5, 0.6) is 5.75 Å². The summed E-state index contributed by atoms with van der Waals surface area (Å²) >= 11 is 11.7. The van der Waals surface area contributed by atoms with Gasteiger partial charge in [0.1, 0.15) is 11.8 Å². The fourth-order valence-corrected chi connectivity index (χ4v) is 1.92. The molecule has 1 rings (SSSR count). The van der Waals surface area contributed by atoms with E-state index >= 15 is 0 Å². The Balaban J connectivity index is 2.65. The van der Waals surface area contributed by atoms with E-state index in [2.05, 4.69) is 5.32 Å². The number of carbonyl (C=O) groups excluding carboxylic acids is 1. The molecule has 7 heteroatoms. The van der Waals surface area contributed by atoms with Gasteiger partial charge in [0.05, 0.1) is 5.02 Å². The van der Waals surface area contributed by atoms with E-state index in [0.29, 0.717) is 10.0 Å². The van der Waals surface area contributed by atoms with Crippen LogP contribution in [0.1, 0.15) is 20.8 Å². The molecule has 116 valence electrons. The summed E-state index contributed by atoms with van der Waals surface area (Å²) in [7, 11) is 0. The van der Waals surface area contributed by atoms with Gasteiger partial charge in [-0.2, -0.15) is 0 Å². The third-order valence-corrected chi connectivity index (χ3v) is 3.22. The maximum Gasteiger partial charge on any atom is 0.326 e. The number of benzene rings is 1. The van der Waals surface area contributed by atoms with Crippen LogP contribution in [0.4, 0.5) is 0 Å². The first kappa shape index (κ1) is 17.6. The zero-order chi connectivity index (χ0) is 16.2. The zero-order valence-electron chi connectivity index (χ0n) is 11.9. The first-order valence-corrected chi connectivity index (χ1v) is 6.97. The maximum atomic E-state index is 11.8. The van der Waals surface area contributed by atoms with Crippen LogP contribution in [-0.2, 0) is 9.59 Å². The van der Waals surface area contributed by atoms with Crippen molar-refractivity contribution in [3.63, 3.8) is 0 Å². The van der Waals surface area contributed by atoms with Gasteiger partial charge in [-0.3, -0.25) is 4.79 Å². The second kappa shape index (κ2) is 7.00. The van der Waals surface area contributed by atoms with Gasteiger partial charge in [0.25, 0.3) is 5.91 Å². The van der Waals surface area contributed by atoms with E-state index in [0.717, 1.165) is 0 Å². The normalized spacial score (nSPS) is 12.6. The quantitative estimate of drug-likeness (QED) is 0.868. The number of amides is 1. The Kier molecular flexibility index (Phi) is 5.87. The van der Waals surface area contributed by atoms with Gasteiger partial charge >= 0.3 is 5.97 Å². The van der Waals surface area contributed by atoms with Crippen molar-refractivity contribution in [3.8, 4) is 5.75 Å². The number of nitrogens with one attached hydrogen (secondary N) is 1. The number of carboxylic acids is 1. The third kappa shape index (κ3) is 5.44. The minimum absolute atomic E-state index is 0.266. The second-order valence-electron chi connectivity index (χ2n) is 5.57. The molecule has 0 radical (unpaired) electrons. The van der Waals surface area contributed by atoms with Crippen LogP contribution >= 0.6 is 23.2 Å². The van der Waals surface area contributed by atoms with Crippen molar-refractivity contribution in [1.29, 1.82) is 0 Å². The molecular formula is C14H17Cl2NO4. The lowest BCUT2D eigenvalue weighted by Gasteiger charge is -2.27. The molecule has 0 saturated carbocycles. The molecule has 1 aromatic rings. The van der Waals surface area contributed by atoms with E-state index in [-0.39, 0.29) is 12.4 Å². The Bertz CT molecular complexity index is 540. The van der Waals surface area contributed by atoms with Crippen LogP contribution in [0.2, 0.25) is 10.0 Å². The molecule has 1 atom stereocenters. The standard InChI is InChI=1S/C14H17Cl2NO4/c1-14(2,3)12(13(19)20)17-11(18)7-21-10-6-8(15)4-5-9(10)16/h4-6,12H,7H2,1-3H3,(H,17,18)(H,19,20)/t12-/m0/s1. The Morgan fingerprint density at radius 3 is 2.48 bits per heavy atom. The average Bonchev–Trinajstić information content (AvgIpc) is 2.35. The minimum Gasteiger partial charge on any atom is -0.482 e. The first-order valence-electron chi connectivity index (χ1n) is 6.21. The van der Waals surface area contributed by atoms with Crippen LogP contribution in [0.15, 0.2) is 18.2 Å². The first-order chi connectivity index (χ1) is 9.61. The summed E-state index contributed by atoms with van der Waals surface area (Å²) in [5, 5.41) is 12.3. The monoisotopic (exact) mass is 333 g/mol. The molecule has 1 aromatic carbocycles. The molecule has 0 bridgehead atoms. The zero-order valence-corrected chi connectivity index (χ0v) is 13.5. The molecule has 21 heavy (non-hydrogen) atoms. The van der Waals surface area contributed by atoms with E-state index in [1.807, 2.05) is 0 Å². The van der Waals surface area contributed by atoms with Gasteiger partial charge in [0, 0.05) is 11.1 Å². The lowest BCUT2D eigenvalue weighted by Crippen LogP contribution is -2.50.